The molecule has 8 heteroatoms. The standard InChI is InChI=1S/C19H23N3O5/c1-26-19(23)14-7-8-15(16(12-14)22(24)25)20-13-17(18-6-5-11-27-18)21-9-3-2-4-10-21/h5-8,11-12,17,20H,2-4,9-10,13H2,1H3. The van der Waals surface area contributed by atoms with E-state index in [9.17, 15) is 14.9 Å². The van der Waals surface area contributed by atoms with Crippen LogP contribution in [-0.4, -0.2) is 42.5 Å². The molecule has 1 atom stereocenters. The van der Waals surface area contributed by atoms with Crippen LogP contribution in [0.25, 0.3) is 0 Å². The molecule has 0 bridgehead atoms. The normalized spacial score (nSPS) is 15.9. The molecular weight excluding hydrogens is 350 g/mol. The van der Waals surface area contributed by atoms with Crippen LogP contribution in [0.4, 0.5) is 11.4 Å². The van der Waals surface area contributed by atoms with Gasteiger partial charge in [0.2, 0.25) is 0 Å². The van der Waals surface area contributed by atoms with Gasteiger partial charge in [-0.1, -0.05) is 6.42 Å². The van der Waals surface area contributed by atoms with Crippen molar-refractivity contribution in [2.24, 2.45) is 0 Å². The van der Waals surface area contributed by atoms with Gasteiger partial charge in [-0.3, -0.25) is 15.0 Å². The molecule has 1 unspecified atom stereocenters. The molecule has 3 rings (SSSR count). The lowest BCUT2D eigenvalue weighted by atomic mass is 10.1. The van der Waals surface area contributed by atoms with E-state index in [4.69, 9.17) is 4.42 Å². The molecule has 1 fully saturated rings. The lowest BCUT2D eigenvalue weighted by Gasteiger charge is -2.33. The summed E-state index contributed by atoms with van der Waals surface area (Å²) in [4.78, 5) is 24.9. The van der Waals surface area contributed by atoms with Crippen LogP contribution in [0.5, 0.6) is 0 Å². The molecule has 27 heavy (non-hydrogen) atoms. The highest BCUT2D eigenvalue weighted by Crippen LogP contribution is 2.29. The number of benzene rings is 1. The minimum absolute atomic E-state index is 0.0137. The predicted molar refractivity (Wildman–Crippen MR) is 99.8 cm³/mol. The van der Waals surface area contributed by atoms with E-state index in [0.29, 0.717) is 12.2 Å². The van der Waals surface area contributed by atoms with Crippen molar-refractivity contribution in [1.29, 1.82) is 0 Å². The number of nitro groups is 1. The van der Waals surface area contributed by atoms with E-state index in [0.717, 1.165) is 31.7 Å². The SMILES string of the molecule is COC(=O)c1ccc(NCC(c2ccco2)N2CCCCC2)c([N+](=O)[O-])c1. The maximum absolute atomic E-state index is 11.6. The van der Waals surface area contributed by atoms with Gasteiger partial charge < -0.3 is 14.5 Å². The fourth-order valence-corrected chi connectivity index (χ4v) is 3.40. The number of nitro benzene ring substituents is 1. The molecule has 0 spiro atoms. The molecule has 1 N–H and O–H groups in total. The monoisotopic (exact) mass is 373 g/mol. The minimum Gasteiger partial charge on any atom is -0.468 e. The van der Waals surface area contributed by atoms with E-state index < -0.39 is 10.9 Å². The van der Waals surface area contributed by atoms with E-state index in [1.54, 1.807) is 12.3 Å². The van der Waals surface area contributed by atoms with E-state index in [1.165, 1.54) is 25.7 Å². The summed E-state index contributed by atoms with van der Waals surface area (Å²) < 4.78 is 10.2. The van der Waals surface area contributed by atoms with Gasteiger partial charge in [-0.05, 0) is 50.2 Å². The maximum Gasteiger partial charge on any atom is 0.338 e. The van der Waals surface area contributed by atoms with Crippen molar-refractivity contribution >= 4 is 17.3 Å². The molecule has 2 heterocycles. The molecular formula is C19H23N3O5. The highest BCUT2D eigenvalue weighted by atomic mass is 16.6. The largest absolute Gasteiger partial charge is 0.468 e. The number of ether oxygens (including phenoxy) is 1. The summed E-state index contributed by atoms with van der Waals surface area (Å²) in [6.45, 7) is 2.40. The quantitative estimate of drug-likeness (QED) is 0.450. The first-order valence-electron chi connectivity index (χ1n) is 8.98. The van der Waals surface area contributed by atoms with Crippen molar-refractivity contribution in [2.75, 3.05) is 32.1 Å². The first-order chi connectivity index (χ1) is 13.1. The van der Waals surface area contributed by atoms with Crippen molar-refractivity contribution in [3.05, 3.63) is 58.0 Å². The zero-order chi connectivity index (χ0) is 19.2. The highest BCUT2D eigenvalue weighted by Gasteiger charge is 2.26. The first kappa shape index (κ1) is 18.9. The van der Waals surface area contributed by atoms with Gasteiger partial charge in [0.25, 0.3) is 5.69 Å². The van der Waals surface area contributed by atoms with Gasteiger partial charge in [0.05, 0.1) is 29.9 Å². The van der Waals surface area contributed by atoms with Crippen LogP contribution < -0.4 is 5.32 Å². The zero-order valence-electron chi connectivity index (χ0n) is 15.2. The summed E-state index contributed by atoms with van der Waals surface area (Å²) in [5.74, 6) is 0.227. The Labute approximate surface area is 157 Å². The number of carbonyl (C=O) groups excluding carboxylic acids is 1. The summed E-state index contributed by atoms with van der Waals surface area (Å²) in [5.41, 5.74) is 0.351. The molecule has 0 amide bonds. The molecule has 1 saturated heterocycles. The van der Waals surface area contributed by atoms with Crippen molar-refractivity contribution in [1.82, 2.24) is 4.90 Å². The van der Waals surface area contributed by atoms with Crippen LogP contribution in [-0.2, 0) is 4.74 Å². The number of hydrogen-bond donors (Lipinski definition) is 1. The molecule has 1 aromatic carbocycles. The summed E-state index contributed by atoms with van der Waals surface area (Å²) >= 11 is 0. The Balaban J connectivity index is 1.80. The predicted octanol–water partition coefficient (Wildman–Crippen LogP) is 3.61. The van der Waals surface area contributed by atoms with Crippen molar-refractivity contribution < 1.29 is 18.9 Å². The van der Waals surface area contributed by atoms with Gasteiger partial charge >= 0.3 is 5.97 Å². The molecule has 1 aromatic heterocycles. The van der Waals surface area contributed by atoms with Crippen LogP contribution in [0.2, 0.25) is 0 Å². The number of rotatable bonds is 7. The van der Waals surface area contributed by atoms with Gasteiger partial charge in [0.15, 0.2) is 0 Å². The van der Waals surface area contributed by atoms with Gasteiger partial charge in [0.1, 0.15) is 11.4 Å². The van der Waals surface area contributed by atoms with E-state index in [1.807, 2.05) is 12.1 Å². The number of likely N-dealkylation sites (tertiary alicyclic amines) is 1. The molecule has 0 radical (unpaired) electrons. The Morgan fingerprint density at radius 2 is 2.11 bits per heavy atom. The lowest BCUT2D eigenvalue weighted by molar-refractivity contribution is -0.384. The van der Waals surface area contributed by atoms with Crippen LogP contribution >= 0.6 is 0 Å². The topological polar surface area (TPSA) is 97.8 Å². The fraction of sp³-hybridized carbons (Fsp3) is 0.421. The smallest absolute Gasteiger partial charge is 0.338 e. The van der Waals surface area contributed by atoms with E-state index >= 15 is 0 Å². The van der Waals surface area contributed by atoms with Crippen LogP contribution in [0.3, 0.4) is 0 Å². The van der Waals surface area contributed by atoms with Crippen molar-refractivity contribution in [2.45, 2.75) is 25.3 Å². The second-order valence-electron chi connectivity index (χ2n) is 6.49. The van der Waals surface area contributed by atoms with Crippen molar-refractivity contribution in [3.63, 3.8) is 0 Å². The Hall–Kier alpha value is -2.87. The maximum atomic E-state index is 11.6. The third kappa shape index (κ3) is 4.46. The average molecular weight is 373 g/mol. The lowest BCUT2D eigenvalue weighted by Crippen LogP contribution is -2.37. The number of carbonyl (C=O) groups is 1. The molecule has 144 valence electrons. The molecule has 1 aliphatic heterocycles. The van der Waals surface area contributed by atoms with Gasteiger partial charge in [-0.2, -0.15) is 0 Å². The Morgan fingerprint density at radius 1 is 1.33 bits per heavy atom. The minimum atomic E-state index is -0.605. The zero-order valence-corrected chi connectivity index (χ0v) is 15.2. The molecule has 8 nitrogen and oxygen atoms in total. The Kier molecular flexibility index (Phi) is 6.08. The first-order valence-corrected chi connectivity index (χ1v) is 8.98. The second-order valence-corrected chi connectivity index (χ2v) is 6.49. The molecule has 0 aliphatic carbocycles. The number of nitrogens with one attached hydrogen (secondary N) is 1. The summed E-state index contributed by atoms with van der Waals surface area (Å²) in [7, 11) is 1.24. The number of nitrogens with zero attached hydrogens (tertiary/aromatic N) is 2. The van der Waals surface area contributed by atoms with E-state index in [2.05, 4.69) is 15.0 Å². The Bertz CT molecular complexity index is 785. The molecule has 2 aromatic rings. The number of hydrogen-bond acceptors (Lipinski definition) is 7. The number of piperidine rings is 1. The van der Waals surface area contributed by atoms with Crippen LogP contribution in [0, 0.1) is 10.1 Å². The Morgan fingerprint density at radius 3 is 2.74 bits per heavy atom. The number of esters is 1. The van der Waals surface area contributed by atoms with Gasteiger partial charge in [-0.25, -0.2) is 4.79 Å². The van der Waals surface area contributed by atoms with Crippen molar-refractivity contribution in [3.8, 4) is 0 Å². The summed E-state index contributed by atoms with van der Waals surface area (Å²) in [6.07, 6.45) is 5.12. The van der Waals surface area contributed by atoms with E-state index in [-0.39, 0.29) is 17.3 Å². The molecule has 1 aliphatic rings. The number of anilines is 1. The highest BCUT2D eigenvalue weighted by molar-refractivity contribution is 5.91. The third-order valence-electron chi connectivity index (χ3n) is 4.80. The summed E-state index contributed by atoms with van der Waals surface area (Å²) in [6, 6.07) is 8.05. The van der Waals surface area contributed by atoms with Gasteiger partial charge in [-0.15, -0.1) is 0 Å². The second kappa shape index (κ2) is 8.68. The fourth-order valence-electron chi connectivity index (χ4n) is 3.40. The molecule has 0 saturated carbocycles. The van der Waals surface area contributed by atoms with Gasteiger partial charge in [0, 0.05) is 12.6 Å². The summed E-state index contributed by atoms with van der Waals surface area (Å²) in [5, 5.41) is 14.6. The van der Waals surface area contributed by atoms with Crippen LogP contribution in [0.1, 0.15) is 41.4 Å². The number of methoxy groups -OCH3 is 1. The number of furan rings is 1. The third-order valence-corrected chi connectivity index (χ3v) is 4.80. The average Bonchev–Trinajstić information content (AvgIpc) is 3.23. The van der Waals surface area contributed by atoms with Crippen LogP contribution in [0.15, 0.2) is 41.0 Å².